The number of methoxy groups -OCH3 is 1. The zero-order valence-electron chi connectivity index (χ0n) is 21.5. The van der Waals surface area contributed by atoms with Crippen LogP contribution in [0.4, 0.5) is 0 Å². The molecule has 0 spiro atoms. The molecule has 3 aromatic rings. The quantitative estimate of drug-likeness (QED) is 0.403. The van der Waals surface area contributed by atoms with Gasteiger partial charge in [0.2, 0.25) is 0 Å². The summed E-state index contributed by atoms with van der Waals surface area (Å²) in [7, 11) is 1.66. The van der Waals surface area contributed by atoms with Crippen molar-refractivity contribution in [2.24, 2.45) is 0 Å². The van der Waals surface area contributed by atoms with E-state index in [1.807, 2.05) is 36.9 Å². The molecule has 1 aliphatic heterocycles. The molecule has 1 unspecified atom stereocenters. The number of carbonyl (C=O) groups is 2. The van der Waals surface area contributed by atoms with Crippen LogP contribution in [0.2, 0.25) is 0 Å². The normalized spacial score (nSPS) is 17.9. The van der Waals surface area contributed by atoms with Crippen molar-refractivity contribution in [3.8, 4) is 5.69 Å². The van der Waals surface area contributed by atoms with Gasteiger partial charge < -0.3 is 9.64 Å². The smallest absolute Gasteiger partial charge is 0.261 e. The van der Waals surface area contributed by atoms with Crippen LogP contribution < -0.4 is 5.56 Å². The summed E-state index contributed by atoms with van der Waals surface area (Å²) in [6.07, 6.45) is 2.16. The Morgan fingerprint density at radius 1 is 1.14 bits per heavy atom. The Labute approximate surface area is 224 Å². The molecule has 0 N–H and O–H groups in total. The highest BCUT2D eigenvalue weighted by Gasteiger charge is 2.49. The molecular weight excluding hydrogens is 534 g/mol. The molecule has 1 amide bonds. The topological polar surface area (TPSA) is 81.5 Å². The number of benzene rings is 2. The number of halogens is 1. The molecule has 1 atom stereocenters. The Morgan fingerprint density at radius 2 is 1.81 bits per heavy atom. The van der Waals surface area contributed by atoms with Crippen LogP contribution in [0.15, 0.2) is 51.7 Å². The van der Waals surface area contributed by atoms with E-state index >= 15 is 0 Å². The number of amides is 1. The third kappa shape index (κ3) is 4.57. The average Bonchev–Trinajstić information content (AvgIpc) is 3.66. The van der Waals surface area contributed by atoms with Gasteiger partial charge in [0, 0.05) is 34.3 Å². The van der Waals surface area contributed by atoms with Gasteiger partial charge in [-0.1, -0.05) is 15.9 Å². The first kappa shape index (κ1) is 25.5. The van der Waals surface area contributed by atoms with E-state index in [4.69, 9.17) is 9.72 Å². The molecule has 2 aromatic carbocycles. The zero-order chi connectivity index (χ0) is 26.5. The number of fused-ring (bicyclic) bond motifs is 1. The van der Waals surface area contributed by atoms with E-state index in [1.165, 1.54) is 6.92 Å². The number of aromatic nitrogens is 2. The lowest BCUT2D eigenvalue weighted by atomic mass is 9.97. The van der Waals surface area contributed by atoms with Crippen molar-refractivity contribution >= 4 is 27.6 Å². The number of rotatable bonds is 6. The Balaban J connectivity index is 1.60. The lowest BCUT2D eigenvalue weighted by Crippen LogP contribution is -2.46. The Hall–Kier alpha value is -3.10. The maximum atomic E-state index is 14.0. The van der Waals surface area contributed by atoms with Crippen molar-refractivity contribution in [1.29, 1.82) is 0 Å². The number of ketones is 1. The van der Waals surface area contributed by atoms with Crippen molar-refractivity contribution in [1.82, 2.24) is 14.5 Å². The second-order valence-corrected chi connectivity index (χ2v) is 11.1. The molecule has 37 heavy (non-hydrogen) atoms. The maximum Gasteiger partial charge on any atom is 0.261 e. The summed E-state index contributed by atoms with van der Waals surface area (Å²) in [5.41, 5.74) is 3.71. The van der Waals surface area contributed by atoms with Gasteiger partial charge in [-0.15, -0.1) is 0 Å². The van der Waals surface area contributed by atoms with Gasteiger partial charge in [-0.25, -0.2) is 4.98 Å². The number of ether oxygens (including phenoxy) is 1. The van der Waals surface area contributed by atoms with Crippen molar-refractivity contribution in [3.63, 3.8) is 0 Å². The first-order chi connectivity index (χ1) is 17.6. The minimum Gasteiger partial charge on any atom is -0.384 e. The van der Waals surface area contributed by atoms with Gasteiger partial charge in [0.15, 0.2) is 5.78 Å². The summed E-state index contributed by atoms with van der Waals surface area (Å²) in [5, 5.41) is 0. The van der Waals surface area contributed by atoms with Crippen LogP contribution in [0.1, 0.15) is 70.1 Å². The standard InChI is InChI=1S/C29H30BrN3O4/c1-17-13-21(7-10-24(17)30)26(35)32-15-25-23(14-18(32)2)27(36)33(22-8-5-20(6-9-22)19(3)34)28(31-25)29(11-12-29)16-37-4/h5-10,13,18H,11-12,14-16H2,1-4H3. The summed E-state index contributed by atoms with van der Waals surface area (Å²) < 4.78 is 8.18. The molecule has 8 heteroatoms. The van der Waals surface area contributed by atoms with Crippen LogP contribution in [-0.4, -0.2) is 45.9 Å². The first-order valence-corrected chi connectivity index (χ1v) is 13.3. The highest BCUT2D eigenvalue weighted by atomic mass is 79.9. The van der Waals surface area contributed by atoms with Crippen molar-refractivity contribution in [2.45, 2.75) is 58.0 Å². The minimum atomic E-state index is -0.344. The van der Waals surface area contributed by atoms with Crippen LogP contribution in [0.3, 0.4) is 0 Å². The Morgan fingerprint density at radius 3 is 2.41 bits per heavy atom. The maximum absolute atomic E-state index is 14.0. The SMILES string of the molecule is COCC1(c2nc3c(c(=O)n2-c2ccc(C(C)=O)cc2)CC(C)N(C(=O)c2ccc(Br)c(C)c2)C3)CC1. The summed E-state index contributed by atoms with van der Waals surface area (Å²) in [4.78, 5) is 46.2. The van der Waals surface area contributed by atoms with E-state index in [1.54, 1.807) is 35.9 Å². The van der Waals surface area contributed by atoms with Gasteiger partial charge in [0.25, 0.3) is 11.5 Å². The third-order valence-corrected chi connectivity index (χ3v) is 8.45. The number of hydrogen-bond acceptors (Lipinski definition) is 5. The molecule has 2 aliphatic rings. The molecule has 1 aromatic heterocycles. The fraction of sp³-hybridized carbons (Fsp3) is 0.379. The number of hydrogen-bond donors (Lipinski definition) is 0. The van der Waals surface area contributed by atoms with Gasteiger partial charge in [-0.2, -0.15) is 0 Å². The highest BCUT2D eigenvalue weighted by Crippen LogP contribution is 2.48. The first-order valence-electron chi connectivity index (χ1n) is 12.5. The third-order valence-electron chi connectivity index (χ3n) is 7.56. The van der Waals surface area contributed by atoms with E-state index in [0.717, 1.165) is 22.9 Å². The Bertz CT molecular complexity index is 1460. The van der Waals surface area contributed by atoms with Gasteiger partial charge in [-0.3, -0.25) is 19.0 Å². The van der Waals surface area contributed by atoms with E-state index in [2.05, 4.69) is 15.9 Å². The lowest BCUT2D eigenvalue weighted by molar-refractivity contribution is 0.0652. The largest absolute Gasteiger partial charge is 0.384 e. The fourth-order valence-electron chi connectivity index (χ4n) is 5.17. The zero-order valence-corrected chi connectivity index (χ0v) is 23.1. The van der Waals surface area contributed by atoms with Crippen molar-refractivity contribution in [2.75, 3.05) is 13.7 Å². The number of carbonyl (C=O) groups excluding carboxylic acids is 2. The predicted molar refractivity (Wildman–Crippen MR) is 145 cm³/mol. The molecule has 192 valence electrons. The molecular formula is C29H30BrN3O4. The van der Waals surface area contributed by atoms with Crippen LogP contribution in [0.25, 0.3) is 5.69 Å². The van der Waals surface area contributed by atoms with Gasteiger partial charge in [0.1, 0.15) is 5.82 Å². The monoisotopic (exact) mass is 563 g/mol. The fourth-order valence-corrected chi connectivity index (χ4v) is 5.42. The van der Waals surface area contributed by atoms with E-state index in [0.29, 0.717) is 46.9 Å². The van der Waals surface area contributed by atoms with E-state index < -0.39 is 0 Å². The van der Waals surface area contributed by atoms with Gasteiger partial charge >= 0.3 is 0 Å². The highest BCUT2D eigenvalue weighted by molar-refractivity contribution is 9.10. The molecule has 1 aliphatic carbocycles. The summed E-state index contributed by atoms with van der Waals surface area (Å²) in [5.74, 6) is 0.564. The molecule has 0 saturated heterocycles. The second kappa shape index (κ2) is 9.65. The minimum absolute atomic E-state index is 0.0275. The number of aryl methyl sites for hydroxylation is 1. The lowest BCUT2D eigenvalue weighted by Gasteiger charge is -2.35. The second-order valence-electron chi connectivity index (χ2n) is 10.3. The molecule has 0 radical (unpaired) electrons. The molecule has 1 saturated carbocycles. The molecule has 2 heterocycles. The summed E-state index contributed by atoms with van der Waals surface area (Å²) >= 11 is 3.50. The Kier molecular flexibility index (Phi) is 6.66. The van der Waals surface area contributed by atoms with E-state index in [-0.39, 0.29) is 35.3 Å². The van der Waals surface area contributed by atoms with Crippen LogP contribution >= 0.6 is 15.9 Å². The molecule has 1 fully saturated rings. The number of nitrogens with zero attached hydrogens (tertiary/aromatic N) is 3. The van der Waals surface area contributed by atoms with Crippen LogP contribution in [-0.2, 0) is 23.1 Å². The van der Waals surface area contributed by atoms with Gasteiger partial charge in [0.05, 0.1) is 29.9 Å². The molecule has 5 rings (SSSR count). The molecule has 0 bridgehead atoms. The van der Waals surface area contributed by atoms with Crippen LogP contribution in [0, 0.1) is 6.92 Å². The van der Waals surface area contributed by atoms with Crippen molar-refractivity contribution < 1.29 is 14.3 Å². The summed E-state index contributed by atoms with van der Waals surface area (Å²) in [6.45, 7) is 6.19. The molecule has 7 nitrogen and oxygen atoms in total. The van der Waals surface area contributed by atoms with Gasteiger partial charge in [-0.05, 0) is 88.1 Å². The van der Waals surface area contributed by atoms with Crippen LogP contribution in [0.5, 0.6) is 0 Å². The number of Topliss-reactive ketones (excluding diaryl/α,β-unsaturated/α-hetero) is 1. The van der Waals surface area contributed by atoms with Crippen molar-refractivity contribution in [3.05, 3.63) is 91.1 Å². The summed E-state index contributed by atoms with van der Waals surface area (Å²) in [6, 6.07) is 12.5. The van der Waals surface area contributed by atoms with E-state index in [9.17, 15) is 14.4 Å². The predicted octanol–water partition coefficient (Wildman–Crippen LogP) is 4.77. The average molecular weight is 564 g/mol.